The third kappa shape index (κ3) is 4.53. The van der Waals surface area contributed by atoms with Crippen LogP contribution in [-0.4, -0.2) is 31.3 Å². The van der Waals surface area contributed by atoms with Crippen LogP contribution in [0, 0.1) is 0 Å². The highest BCUT2D eigenvalue weighted by Crippen LogP contribution is 2.27. The normalized spacial score (nSPS) is 11.0. The molecule has 29 heavy (non-hydrogen) atoms. The number of furan rings is 1. The van der Waals surface area contributed by atoms with E-state index in [4.69, 9.17) is 27.6 Å². The van der Waals surface area contributed by atoms with Crippen molar-refractivity contribution in [3.05, 3.63) is 82.5 Å². The predicted molar refractivity (Wildman–Crippen MR) is 113 cm³/mol. The van der Waals surface area contributed by atoms with E-state index in [-0.39, 0.29) is 11.5 Å². The van der Waals surface area contributed by atoms with Crippen LogP contribution in [0.3, 0.4) is 0 Å². The van der Waals surface area contributed by atoms with Gasteiger partial charge in [0.05, 0.1) is 28.6 Å². The Morgan fingerprint density at radius 2 is 1.90 bits per heavy atom. The number of hydrogen-bond donors (Lipinski definition) is 0. The number of benzene rings is 1. The fourth-order valence-corrected chi connectivity index (χ4v) is 3.82. The summed E-state index contributed by atoms with van der Waals surface area (Å²) in [6, 6.07) is 12.3. The lowest BCUT2D eigenvalue weighted by Crippen LogP contribution is -2.07. The average molecular weight is 445 g/mol. The van der Waals surface area contributed by atoms with E-state index in [1.165, 1.54) is 11.8 Å². The van der Waals surface area contributed by atoms with Crippen molar-refractivity contribution in [3.8, 4) is 11.4 Å². The maximum Gasteiger partial charge on any atom is 0.192 e. The van der Waals surface area contributed by atoms with E-state index < -0.39 is 0 Å². The lowest BCUT2D eigenvalue weighted by molar-refractivity contribution is 0.102. The Bertz CT molecular complexity index is 1130. The second-order valence-electron chi connectivity index (χ2n) is 6.05. The molecule has 0 N–H and O–H groups in total. The van der Waals surface area contributed by atoms with Crippen LogP contribution in [0.4, 0.5) is 0 Å². The van der Waals surface area contributed by atoms with Gasteiger partial charge in [0.15, 0.2) is 16.8 Å². The minimum Gasteiger partial charge on any atom is -0.467 e. The quantitative estimate of drug-likeness (QED) is 0.285. The van der Waals surface area contributed by atoms with Crippen molar-refractivity contribution in [2.45, 2.75) is 11.7 Å². The fraction of sp³-hybridized carbons (Fsp3) is 0.100. The highest BCUT2D eigenvalue weighted by molar-refractivity contribution is 7.99. The maximum atomic E-state index is 12.6. The number of rotatable bonds is 7. The molecule has 146 valence electrons. The van der Waals surface area contributed by atoms with Gasteiger partial charge < -0.3 is 4.42 Å². The van der Waals surface area contributed by atoms with E-state index in [0.717, 1.165) is 11.3 Å². The number of hydrogen-bond acceptors (Lipinski definition) is 6. The van der Waals surface area contributed by atoms with E-state index in [9.17, 15) is 4.79 Å². The number of nitrogens with zero attached hydrogens (tertiary/aromatic N) is 4. The van der Waals surface area contributed by atoms with E-state index in [1.54, 1.807) is 36.9 Å². The molecule has 0 radical (unpaired) electrons. The van der Waals surface area contributed by atoms with Crippen LogP contribution in [0.5, 0.6) is 0 Å². The summed E-state index contributed by atoms with van der Waals surface area (Å²) < 4.78 is 7.40. The molecule has 4 rings (SSSR count). The number of carbonyl (C=O) groups excluding carboxylic acids is 1. The van der Waals surface area contributed by atoms with Crippen LogP contribution >= 0.6 is 35.0 Å². The molecule has 0 aliphatic heterocycles. The Balaban J connectivity index is 1.58. The highest BCUT2D eigenvalue weighted by Gasteiger charge is 2.18. The molecule has 1 aromatic carbocycles. The first-order valence-corrected chi connectivity index (χ1v) is 10.3. The minimum atomic E-state index is -0.0772. The van der Waals surface area contributed by atoms with Gasteiger partial charge in [0.25, 0.3) is 0 Å². The molecule has 6 nitrogen and oxygen atoms in total. The molecule has 0 unspecified atom stereocenters. The molecule has 0 saturated carbocycles. The first-order chi connectivity index (χ1) is 14.1. The summed E-state index contributed by atoms with van der Waals surface area (Å²) in [5.41, 5.74) is 1.38. The monoisotopic (exact) mass is 444 g/mol. The van der Waals surface area contributed by atoms with Crippen LogP contribution in [0.1, 0.15) is 16.1 Å². The summed E-state index contributed by atoms with van der Waals surface area (Å²) >= 11 is 13.2. The molecule has 3 heterocycles. The zero-order chi connectivity index (χ0) is 20.2. The molecular formula is C20H14Cl2N4O2S. The number of ketones is 1. The van der Waals surface area contributed by atoms with Gasteiger partial charge in [-0.15, -0.1) is 10.2 Å². The topological polar surface area (TPSA) is 73.8 Å². The zero-order valence-corrected chi connectivity index (χ0v) is 17.3. The molecule has 4 aromatic rings. The Hall–Kier alpha value is -2.61. The number of aromatic nitrogens is 4. The molecule has 0 amide bonds. The zero-order valence-electron chi connectivity index (χ0n) is 15.0. The van der Waals surface area contributed by atoms with Crippen LogP contribution in [0.25, 0.3) is 11.4 Å². The largest absolute Gasteiger partial charge is 0.467 e. The summed E-state index contributed by atoms with van der Waals surface area (Å²) in [4.78, 5) is 16.6. The molecule has 9 heteroatoms. The number of Topliss-reactive ketones (excluding diaryl/α,β-unsaturated/α-hetero) is 1. The smallest absolute Gasteiger partial charge is 0.192 e. The lowest BCUT2D eigenvalue weighted by Gasteiger charge is -2.09. The third-order valence-electron chi connectivity index (χ3n) is 4.12. The van der Waals surface area contributed by atoms with Crippen LogP contribution in [-0.2, 0) is 6.54 Å². The molecule has 0 bridgehead atoms. The molecule has 0 spiro atoms. The summed E-state index contributed by atoms with van der Waals surface area (Å²) in [6.07, 6.45) is 5.01. The first kappa shape index (κ1) is 19.7. The van der Waals surface area contributed by atoms with Gasteiger partial charge >= 0.3 is 0 Å². The maximum absolute atomic E-state index is 12.6. The molecule has 3 aromatic heterocycles. The molecule has 0 aliphatic rings. The van der Waals surface area contributed by atoms with E-state index in [2.05, 4.69) is 15.2 Å². The van der Waals surface area contributed by atoms with Gasteiger partial charge in [0, 0.05) is 23.5 Å². The summed E-state index contributed by atoms with van der Waals surface area (Å²) in [5, 5.41) is 9.98. The SMILES string of the molecule is O=C(CSc1nnc(-c2ccncc2)n1Cc1ccco1)c1ccc(Cl)c(Cl)c1. The van der Waals surface area contributed by atoms with Gasteiger partial charge in [-0.1, -0.05) is 35.0 Å². The fourth-order valence-electron chi connectivity index (χ4n) is 2.69. The first-order valence-electron chi connectivity index (χ1n) is 8.59. The van der Waals surface area contributed by atoms with Crippen molar-refractivity contribution in [2.75, 3.05) is 5.75 Å². The standard InChI is InChI=1S/C20H14Cl2N4O2S/c21-16-4-3-14(10-17(16)22)18(27)12-29-20-25-24-19(13-5-7-23-8-6-13)26(20)11-15-2-1-9-28-15/h1-10H,11-12H2. The Morgan fingerprint density at radius 3 is 2.62 bits per heavy atom. The second kappa shape index (κ2) is 8.82. The van der Waals surface area contributed by atoms with Gasteiger partial charge in [-0.2, -0.15) is 0 Å². The van der Waals surface area contributed by atoms with E-state index in [1.807, 2.05) is 28.8 Å². The van der Waals surface area contributed by atoms with Crippen molar-refractivity contribution in [3.63, 3.8) is 0 Å². The molecule has 0 fully saturated rings. The molecule has 0 aliphatic carbocycles. The molecule has 0 saturated heterocycles. The van der Waals surface area contributed by atoms with Crippen molar-refractivity contribution in [1.82, 2.24) is 19.7 Å². The number of pyridine rings is 1. The predicted octanol–water partition coefficient (Wildman–Crippen LogP) is 5.26. The lowest BCUT2D eigenvalue weighted by atomic mass is 10.1. The van der Waals surface area contributed by atoms with Crippen molar-refractivity contribution < 1.29 is 9.21 Å². The van der Waals surface area contributed by atoms with Crippen LogP contribution in [0.2, 0.25) is 10.0 Å². The second-order valence-corrected chi connectivity index (χ2v) is 7.81. The van der Waals surface area contributed by atoms with Crippen molar-refractivity contribution in [2.24, 2.45) is 0 Å². The van der Waals surface area contributed by atoms with Crippen LogP contribution < -0.4 is 0 Å². The Labute approximate surface area is 180 Å². The highest BCUT2D eigenvalue weighted by atomic mass is 35.5. The number of halogens is 2. The van der Waals surface area contributed by atoms with E-state index in [0.29, 0.717) is 33.1 Å². The van der Waals surface area contributed by atoms with Gasteiger partial charge in [0.2, 0.25) is 0 Å². The summed E-state index contributed by atoms with van der Waals surface area (Å²) in [6.45, 7) is 0.445. The summed E-state index contributed by atoms with van der Waals surface area (Å²) in [7, 11) is 0. The Kier molecular flexibility index (Phi) is 5.99. The van der Waals surface area contributed by atoms with Gasteiger partial charge in [-0.25, -0.2) is 0 Å². The van der Waals surface area contributed by atoms with Gasteiger partial charge in [-0.05, 0) is 42.5 Å². The van der Waals surface area contributed by atoms with Gasteiger partial charge in [-0.3, -0.25) is 14.3 Å². The minimum absolute atomic E-state index is 0.0772. The summed E-state index contributed by atoms with van der Waals surface area (Å²) in [5.74, 6) is 1.54. The average Bonchev–Trinajstić information content (AvgIpc) is 3.39. The van der Waals surface area contributed by atoms with Crippen LogP contribution in [0.15, 0.2) is 70.7 Å². The van der Waals surface area contributed by atoms with Crippen molar-refractivity contribution in [1.29, 1.82) is 0 Å². The molecule has 0 atom stereocenters. The number of carbonyl (C=O) groups is 1. The van der Waals surface area contributed by atoms with E-state index >= 15 is 0 Å². The Morgan fingerprint density at radius 1 is 1.07 bits per heavy atom. The molecular weight excluding hydrogens is 431 g/mol. The third-order valence-corrected chi connectivity index (χ3v) is 5.83. The number of thioether (sulfide) groups is 1. The van der Waals surface area contributed by atoms with Crippen molar-refractivity contribution >= 4 is 40.7 Å². The van der Waals surface area contributed by atoms with Gasteiger partial charge in [0.1, 0.15) is 5.76 Å².